The minimum Gasteiger partial charge on any atom is -0.367 e. The average Bonchev–Trinajstić information content (AvgIpc) is 3.20. The van der Waals surface area contributed by atoms with Gasteiger partial charge in [0.15, 0.2) is 0 Å². The van der Waals surface area contributed by atoms with E-state index in [0.717, 1.165) is 42.3 Å². The fraction of sp³-hybridized carbons (Fsp3) is 0.250. The van der Waals surface area contributed by atoms with E-state index in [-0.39, 0.29) is 17.5 Å². The molecule has 0 saturated carbocycles. The summed E-state index contributed by atoms with van der Waals surface area (Å²) < 4.78 is 0. The molecule has 9 heteroatoms. The minimum atomic E-state index is -0.338. The van der Waals surface area contributed by atoms with Gasteiger partial charge in [-0.1, -0.05) is 12.1 Å². The number of hydrogen-bond acceptors (Lipinski definition) is 7. The molecule has 3 aromatic rings. The molecule has 33 heavy (non-hydrogen) atoms. The number of carbonyl (C=O) groups is 2. The third kappa shape index (κ3) is 4.29. The van der Waals surface area contributed by atoms with Crippen molar-refractivity contribution < 1.29 is 9.59 Å². The number of hydrogen-bond donors (Lipinski definition) is 2. The lowest BCUT2D eigenvalue weighted by molar-refractivity contribution is 0.0990. The number of anilines is 3. The Hall–Kier alpha value is -3.43. The number of nitrogens with one attached hydrogen (secondary N) is 2. The van der Waals surface area contributed by atoms with E-state index in [1.165, 1.54) is 0 Å². The van der Waals surface area contributed by atoms with Gasteiger partial charge in [0, 0.05) is 42.8 Å². The molecule has 0 spiro atoms. The molecule has 168 valence electrons. The zero-order chi connectivity index (χ0) is 22.8. The molecule has 8 nitrogen and oxygen atoms in total. The molecule has 1 saturated heterocycles. The summed E-state index contributed by atoms with van der Waals surface area (Å²) in [5.41, 5.74) is 3.48. The average molecular weight is 461 g/mol. The first-order chi connectivity index (χ1) is 16.1. The lowest BCUT2D eigenvalue weighted by atomic mass is 10.1. The standard InChI is InChI=1S/C24H24N6O2S/c1-33-17-6-5-16-15-30(24(32)18(16)13-17)22-4-2-3-19(27-22)23(31)28-20-14-26-8-7-21(20)29-11-9-25-10-12-29/h2-8,13-14,25H,9-12,15H2,1H3,(H,28,31). The number of amides is 2. The van der Waals surface area contributed by atoms with Crippen LogP contribution >= 0.6 is 11.8 Å². The van der Waals surface area contributed by atoms with Crippen LogP contribution in [0.5, 0.6) is 0 Å². The van der Waals surface area contributed by atoms with Crippen molar-refractivity contribution in [3.63, 3.8) is 0 Å². The summed E-state index contributed by atoms with van der Waals surface area (Å²) in [4.78, 5) is 39.6. The molecular formula is C24H24N6O2S. The third-order valence-electron chi connectivity index (χ3n) is 5.87. The number of fused-ring (bicyclic) bond motifs is 1. The topological polar surface area (TPSA) is 90.5 Å². The number of aromatic nitrogens is 2. The maximum Gasteiger partial charge on any atom is 0.274 e. The number of rotatable bonds is 5. The van der Waals surface area contributed by atoms with Crippen molar-refractivity contribution in [3.8, 4) is 0 Å². The van der Waals surface area contributed by atoms with E-state index in [0.29, 0.717) is 23.6 Å². The zero-order valence-electron chi connectivity index (χ0n) is 18.2. The molecule has 1 fully saturated rings. The zero-order valence-corrected chi connectivity index (χ0v) is 19.1. The van der Waals surface area contributed by atoms with E-state index in [1.54, 1.807) is 47.3 Å². The maximum atomic E-state index is 13.1. The molecule has 2 aromatic heterocycles. The third-order valence-corrected chi connectivity index (χ3v) is 6.59. The van der Waals surface area contributed by atoms with E-state index in [4.69, 9.17) is 0 Å². The molecule has 2 N–H and O–H groups in total. The van der Waals surface area contributed by atoms with Crippen LogP contribution in [-0.4, -0.2) is 54.2 Å². The van der Waals surface area contributed by atoms with Crippen LogP contribution in [-0.2, 0) is 6.54 Å². The molecule has 2 amide bonds. The molecule has 0 radical (unpaired) electrons. The van der Waals surface area contributed by atoms with Crippen LogP contribution in [0.25, 0.3) is 0 Å². The molecule has 2 aliphatic heterocycles. The molecule has 0 unspecified atom stereocenters. The Kier molecular flexibility index (Phi) is 5.97. The first kappa shape index (κ1) is 21.4. The molecule has 0 bridgehead atoms. The number of thioether (sulfide) groups is 1. The van der Waals surface area contributed by atoms with E-state index in [2.05, 4.69) is 25.5 Å². The highest BCUT2D eigenvalue weighted by atomic mass is 32.2. The van der Waals surface area contributed by atoms with Gasteiger partial charge in [0.1, 0.15) is 11.5 Å². The van der Waals surface area contributed by atoms with Crippen LogP contribution in [0.3, 0.4) is 0 Å². The van der Waals surface area contributed by atoms with Gasteiger partial charge in [0.05, 0.1) is 24.1 Å². The van der Waals surface area contributed by atoms with E-state index in [1.807, 2.05) is 30.5 Å². The first-order valence-electron chi connectivity index (χ1n) is 10.8. The van der Waals surface area contributed by atoms with Crippen molar-refractivity contribution in [2.24, 2.45) is 0 Å². The largest absolute Gasteiger partial charge is 0.367 e. The van der Waals surface area contributed by atoms with Crippen molar-refractivity contribution >= 4 is 40.8 Å². The van der Waals surface area contributed by atoms with Crippen LogP contribution in [0.4, 0.5) is 17.2 Å². The molecule has 5 rings (SSSR count). The van der Waals surface area contributed by atoms with Gasteiger partial charge < -0.3 is 15.5 Å². The van der Waals surface area contributed by atoms with Gasteiger partial charge in [-0.15, -0.1) is 11.8 Å². The Morgan fingerprint density at radius 3 is 2.82 bits per heavy atom. The van der Waals surface area contributed by atoms with Gasteiger partial charge in [-0.05, 0) is 42.2 Å². The molecule has 2 aliphatic rings. The van der Waals surface area contributed by atoms with E-state index in [9.17, 15) is 9.59 Å². The predicted molar refractivity (Wildman–Crippen MR) is 130 cm³/mol. The Morgan fingerprint density at radius 2 is 2.00 bits per heavy atom. The Morgan fingerprint density at radius 1 is 1.15 bits per heavy atom. The number of piperazine rings is 1. The fourth-order valence-electron chi connectivity index (χ4n) is 4.14. The van der Waals surface area contributed by atoms with Crippen molar-refractivity contribution in [3.05, 3.63) is 71.7 Å². The van der Waals surface area contributed by atoms with Crippen molar-refractivity contribution in [1.29, 1.82) is 0 Å². The highest BCUT2D eigenvalue weighted by Gasteiger charge is 2.30. The predicted octanol–water partition coefficient (Wildman–Crippen LogP) is 3.02. The molecule has 0 aliphatic carbocycles. The van der Waals surface area contributed by atoms with Crippen LogP contribution in [0.15, 0.2) is 59.8 Å². The normalized spacial score (nSPS) is 15.5. The molecular weight excluding hydrogens is 436 g/mol. The Balaban J connectivity index is 1.36. The van der Waals surface area contributed by atoms with Crippen LogP contribution in [0.2, 0.25) is 0 Å². The quantitative estimate of drug-likeness (QED) is 0.566. The van der Waals surface area contributed by atoms with Gasteiger partial charge in [-0.2, -0.15) is 0 Å². The van der Waals surface area contributed by atoms with Gasteiger partial charge in [0.25, 0.3) is 11.8 Å². The number of nitrogens with zero attached hydrogens (tertiary/aromatic N) is 4. The summed E-state index contributed by atoms with van der Waals surface area (Å²) >= 11 is 1.60. The smallest absolute Gasteiger partial charge is 0.274 e. The number of benzene rings is 1. The maximum absolute atomic E-state index is 13.1. The molecule has 0 atom stereocenters. The van der Waals surface area contributed by atoms with E-state index >= 15 is 0 Å². The van der Waals surface area contributed by atoms with Crippen molar-refractivity contribution in [1.82, 2.24) is 15.3 Å². The van der Waals surface area contributed by atoms with Crippen molar-refractivity contribution in [2.75, 3.05) is 47.6 Å². The van der Waals surface area contributed by atoms with Crippen molar-refractivity contribution in [2.45, 2.75) is 11.4 Å². The molecule has 4 heterocycles. The number of pyridine rings is 2. The number of carbonyl (C=O) groups excluding carboxylic acids is 2. The lowest BCUT2D eigenvalue weighted by Crippen LogP contribution is -2.43. The van der Waals surface area contributed by atoms with Gasteiger partial charge in [-0.3, -0.25) is 19.5 Å². The van der Waals surface area contributed by atoms with Gasteiger partial charge >= 0.3 is 0 Å². The second-order valence-corrected chi connectivity index (χ2v) is 8.76. The van der Waals surface area contributed by atoms with Crippen LogP contribution in [0, 0.1) is 0 Å². The van der Waals surface area contributed by atoms with E-state index < -0.39 is 0 Å². The van der Waals surface area contributed by atoms with Gasteiger partial charge in [0.2, 0.25) is 0 Å². The highest BCUT2D eigenvalue weighted by Crippen LogP contribution is 2.30. The second kappa shape index (κ2) is 9.21. The molecule has 1 aromatic carbocycles. The second-order valence-electron chi connectivity index (χ2n) is 7.88. The summed E-state index contributed by atoms with van der Waals surface area (Å²) in [5.74, 6) is 0.0253. The summed E-state index contributed by atoms with van der Waals surface area (Å²) in [6.07, 6.45) is 5.37. The summed E-state index contributed by atoms with van der Waals surface area (Å²) in [7, 11) is 0. The Bertz CT molecular complexity index is 1210. The summed E-state index contributed by atoms with van der Waals surface area (Å²) in [6.45, 7) is 3.94. The SMILES string of the molecule is CSc1ccc2c(c1)C(=O)N(c1cccc(C(=O)Nc3cnccc3N3CCNCC3)n1)C2. The van der Waals surface area contributed by atoms with Crippen LogP contribution in [0.1, 0.15) is 26.4 Å². The summed E-state index contributed by atoms with van der Waals surface area (Å²) in [5, 5.41) is 6.29. The minimum absolute atomic E-state index is 0.0980. The fourth-order valence-corrected chi connectivity index (χ4v) is 4.58. The van der Waals surface area contributed by atoms with Crippen LogP contribution < -0.4 is 20.4 Å². The lowest BCUT2D eigenvalue weighted by Gasteiger charge is -2.30. The Labute approximate surface area is 196 Å². The summed E-state index contributed by atoms with van der Waals surface area (Å²) in [6, 6.07) is 13.0. The monoisotopic (exact) mass is 460 g/mol. The van der Waals surface area contributed by atoms with Gasteiger partial charge in [-0.25, -0.2) is 4.98 Å². The first-order valence-corrected chi connectivity index (χ1v) is 12.0. The highest BCUT2D eigenvalue weighted by molar-refractivity contribution is 7.98.